The van der Waals surface area contributed by atoms with Gasteiger partial charge in [-0.15, -0.1) is 0 Å². The maximum absolute atomic E-state index is 12.4. The molecule has 0 aromatic heterocycles. The highest BCUT2D eigenvalue weighted by atomic mass is 16.1. The number of amides is 1. The molecule has 2 aromatic rings. The summed E-state index contributed by atoms with van der Waals surface area (Å²) in [4.78, 5) is 14.9. The van der Waals surface area contributed by atoms with Crippen LogP contribution in [0.15, 0.2) is 54.6 Å². The zero-order valence-electron chi connectivity index (χ0n) is 15.9. The van der Waals surface area contributed by atoms with Gasteiger partial charge in [-0.1, -0.05) is 48.5 Å². The first-order valence-electron chi connectivity index (χ1n) is 10.1. The fourth-order valence-electron chi connectivity index (χ4n) is 4.35. The van der Waals surface area contributed by atoms with E-state index in [0.717, 1.165) is 38.9 Å². The molecule has 4 rings (SSSR count). The van der Waals surface area contributed by atoms with Gasteiger partial charge in [-0.3, -0.25) is 4.79 Å². The van der Waals surface area contributed by atoms with E-state index in [-0.39, 0.29) is 11.4 Å². The number of aryl methyl sites for hydroxylation is 1. The van der Waals surface area contributed by atoms with Gasteiger partial charge in [0.15, 0.2) is 0 Å². The van der Waals surface area contributed by atoms with Gasteiger partial charge in [0.2, 0.25) is 5.91 Å². The predicted octanol–water partition coefficient (Wildman–Crippen LogP) is 3.59. The molecule has 2 heterocycles. The summed E-state index contributed by atoms with van der Waals surface area (Å²) in [6, 6.07) is 19.1. The number of piperidine rings is 1. The molecule has 2 N–H and O–H groups in total. The molecule has 1 saturated heterocycles. The highest BCUT2D eigenvalue weighted by Gasteiger charge is 2.37. The van der Waals surface area contributed by atoms with E-state index in [1.807, 2.05) is 6.07 Å². The van der Waals surface area contributed by atoms with Gasteiger partial charge in [-0.25, -0.2) is 0 Å². The zero-order valence-corrected chi connectivity index (χ0v) is 15.9. The van der Waals surface area contributed by atoms with Crippen LogP contribution in [0.5, 0.6) is 0 Å². The lowest BCUT2D eigenvalue weighted by Gasteiger charge is -2.44. The van der Waals surface area contributed by atoms with Crippen molar-refractivity contribution in [2.75, 3.05) is 25.0 Å². The molecule has 27 heavy (non-hydrogen) atoms. The Morgan fingerprint density at radius 2 is 1.70 bits per heavy atom. The Morgan fingerprint density at radius 1 is 0.963 bits per heavy atom. The van der Waals surface area contributed by atoms with Gasteiger partial charge >= 0.3 is 0 Å². The van der Waals surface area contributed by atoms with Crippen LogP contribution in [0.25, 0.3) is 0 Å². The summed E-state index contributed by atoms with van der Waals surface area (Å²) < 4.78 is 0. The molecule has 0 bridgehead atoms. The number of carbonyl (C=O) groups is 1. The number of hydrogen-bond donors (Lipinski definition) is 2. The standard InChI is InChI=1S/C23H29N3O/c27-22-17-23(25-21-11-5-4-10-20(21)18-24-22)12-15-26(16-13-23)14-6-9-19-7-2-1-3-8-19/h1-5,7-8,10-11,25H,6,9,12-18H2,(H,24,27). The molecule has 1 fully saturated rings. The Balaban J connectivity index is 1.35. The molecule has 0 atom stereocenters. The summed E-state index contributed by atoms with van der Waals surface area (Å²) in [6.07, 6.45) is 4.92. The Morgan fingerprint density at radius 3 is 2.52 bits per heavy atom. The van der Waals surface area contributed by atoms with Gasteiger partial charge in [0.25, 0.3) is 0 Å². The molecule has 0 saturated carbocycles. The van der Waals surface area contributed by atoms with Crippen molar-refractivity contribution in [2.24, 2.45) is 0 Å². The summed E-state index contributed by atoms with van der Waals surface area (Å²) in [5.74, 6) is 0.162. The van der Waals surface area contributed by atoms with Gasteiger partial charge in [0.05, 0.1) is 0 Å². The first-order chi connectivity index (χ1) is 13.2. The lowest BCUT2D eigenvalue weighted by atomic mass is 9.82. The van der Waals surface area contributed by atoms with Crippen molar-refractivity contribution in [2.45, 2.75) is 44.2 Å². The van der Waals surface area contributed by atoms with E-state index in [4.69, 9.17) is 0 Å². The first kappa shape index (κ1) is 18.1. The van der Waals surface area contributed by atoms with E-state index in [2.05, 4.69) is 64.1 Å². The molecule has 1 spiro atoms. The van der Waals surface area contributed by atoms with Crippen molar-refractivity contribution in [3.63, 3.8) is 0 Å². The summed E-state index contributed by atoms with van der Waals surface area (Å²) in [5, 5.41) is 6.84. The Bertz CT molecular complexity index is 766. The van der Waals surface area contributed by atoms with E-state index < -0.39 is 0 Å². The average molecular weight is 364 g/mol. The number of likely N-dealkylation sites (tertiary alicyclic amines) is 1. The second-order valence-electron chi connectivity index (χ2n) is 7.95. The molecule has 4 nitrogen and oxygen atoms in total. The minimum atomic E-state index is -0.115. The number of hydrogen-bond acceptors (Lipinski definition) is 3. The number of fused-ring (bicyclic) bond motifs is 1. The smallest absolute Gasteiger partial charge is 0.222 e. The van der Waals surface area contributed by atoms with E-state index in [1.165, 1.54) is 23.2 Å². The normalized spacial score (nSPS) is 19.5. The van der Waals surface area contributed by atoms with Crippen LogP contribution in [-0.4, -0.2) is 36.0 Å². The first-order valence-corrected chi connectivity index (χ1v) is 10.1. The lowest BCUT2D eigenvalue weighted by Crippen LogP contribution is -2.52. The number of para-hydroxylation sites is 1. The third-order valence-electron chi connectivity index (χ3n) is 5.99. The molecule has 2 aromatic carbocycles. The Hall–Kier alpha value is -2.33. The van der Waals surface area contributed by atoms with Crippen molar-refractivity contribution < 1.29 is 4.79 Å². The number of rotatable bonds is 4. The predicted molar refractivity (Wildman–Crippen MR) is 110 cm³/mol. The van der Waals surface area contributed by atoms with Crippen molar-refractivity contribution in [1.29, 1.82) is 0 Å². The molecule has 0 unspecified atom stereocenters. The van der Waals surface area contributed by atoms with Crippen LogP contribution in [0.2, 0.25) is 0 Å². The summed E-state index contributed by atoms with van der Waals surface area (Å²) in [5.41, 5.74) is 3.66. The average Bonchev–Trinajstić information content (AvgIpc) is 2.69. The molecular weight excluding hydrogens is 334 g/mol. The molecule has 142 valence electrons. The number of nitrogens with zero attached hydrogens (tertiary/aromatic N) is 1. The van der Waals surface area contributed by atoms with E-state index >= 15 is 0 Å². The van der Waals surface area contributed by atoms with Crippen LogP contribution in [0, 0.1) is 0 Å². The maximum atomic E-state index is 12.4. The van der Waals surface area contributed by atoms with Crippen LogP contribution in [-0.2, 0) is 17.8 Å². The SMILES string of the molecule is O=C1CC2(CCN(CCCc3ccccc3)CC2)Nc2ccccc2CN1. The van der Waals surface area contributed by atoms with Crippen molar-refractivity contribution in [1.82, 2.24) is 10.2 Å². The second-order valence-corrected chi connectivity index (χ2v) is 7.95. The van der Waals surface area contributed by atoms with Crippen molar-refractivity contribution in [3.8, 4) is 0 Å². The fourth-order valence-corrected chi connectivity index (χ4v) is 4.35. The molecule has 0 radical (unpaired) electrons. The van der Waals surface area contributed by atoms with Crippen LogP contribution < -0.4 is 10.6 Å². The molecule has 4 heteroatoms. The van der Waals surface area contributed by atoms with E-state index in [9.17, 15) is 4.79 Å². The maximum Gasteiger partial charge on any atom is 0.222 e. The van der Waals surface area contributed by atoms with E-state index in [1.54, 1.807) is 0 Å². The highest BCUT2D eigenvalue weighted by molar-refractivity contribution is 5.79. The monoisotopic (exact) mass is 363 g/mol. The van der Waals surface area contributed by atoms with Crippen LogP contribution >= 0.6 is 0 Å². The second kappa shape index (κ2) is 8.13. The van der Waals surface area contributed by atoms with Crippen LogP contribution in [0.1, 0.15) is 36.8 Å². The topological polar surface area (TPSA) is 44.4 Å². The third-order valence-corrected chi connectivity index (χ3v) is 5.99. The third kappa shape index (κ3) is 4.51. The van der Waals surface area contributed by atoms with Gasteiger partial charge in [0, 0.05) is 37.3 Å². The summed E-state index contributed by atoms with van der Waals surface area (Å²) in [6.45, 7) is 3.85. The minimum absolute atomic E-state index is 0.115. The number of carbonyl (C=O) groups excluding carboxylic acids is 1. The van der Waals surface area contributed by atoms with Gasteiger partial charge in [-0.05, 0) is 49.4 Å². The highest BCUT2D eigenvalue weighted by Crippen LogP contribution is 2.33. The number of anilines is 1. The molecule has 1 amide bonds. The van der Waals surface area contributed by atoms with Gasteiger partial charge in [0.1, 0.15) is 0 Å². The van der Waals surface area contributed by atoms with Gasteiger partial charge in [-0.2, -0.15) is 0 Å². The molecular formula is C23H29N3O. The minimum Gasteiger partial charge on any atom is -0.379 e. The molecule has 2 aliphatic heterocycles. The van der Waals surface area contributed by atoms with Crippen molar-refractivity contribution >= 4 is 11.6 Å². The number of benzene rings is 2. The largest absolute Gasteiger partial charge is 0.379 e. The van der Waals surface area contributed by atoms with E-state index in [0.29, 0.717) is 13.0 Å². The summed E-state index contributed by atoms with van der Waals surface area (Å²) >= 11 is 0. The molecule has 0 aliphatic carbocycles. The van der Waals surface area contributed by atoms with Crippen LogP contribution in [0.3, 0.4) is 0 Å². The zero-order chi connectivity index (χ0) is 18.5. The van der Waals surface area contributed by atoms with Crippen LogP contribution in [0.4, 0.5) is 5.69 Å². The summed E-state index contributed by atoms with van der Waals surface area (Å²) in [7, 11) is 0. The fraction of sp³-hybridized carbons (Fsp3) is 0.435. The quantitative estimate of drug-likeness (QED) is 0.873. The Labute approximate surface area is 162 Å². The Kier molecular flexibility index (Phi) is 5.44. The molecule has 2 aliphatic rings. The lowest BCUT2D eigenvalue weighted by molar-refractivity contribution is -0.122. The number of nitrogens with one attached hydrogen (secondary N) is 2. The van der Waals surface area contributed by atoms with Crippen molar-refractivity contribution in [3.05, 3.63) is 65.7 Å². The van der Waals surface area contributed by atoms with Gasteiger partial charge < -0.3 is 15.5 Å².